The Morgan fingerprint density at radius 1 is 1.30 bits per heavy atom. The number of halogens is 4. The maximum absolute atomic E-state index is 12.5. The number of nitrogens with zero attached hydrogens (tertiary/aromatic N) is 2. The highest BCUT2D eigenvalue weighted by atomic mass is 35.5. The highest BCUT2D eigenvalue weighted by Crippen LogP contribution is 2.35. The van der Waals surface area contributed by atoms with Gasteiger partial charge in [-0.05, 0) is 25.8 Å². The van der Waals surface area contributed by atoms with Crippen molar-refractivity contribution >= 4 is 23.7 Å². The van der Waals surface area contributed by atoms with Crippen molar-refractivity contribution in [3.05, 3.63) is 16.1 Å². The van der Waals surface area contributed by atoms with E-state index in [1.807, 2.05) is 0 Å². The first kappa shape index (κ1) is 16.0. The van der Waals surface area contributed by atoms with Crippen molar-refractivity contribution < 1.29 is 13.2 Å². The monoisotopic (exact) mass is 327 g/mol. The largest absolute Gasteiger partial charge is 0.443 e. The van der Waals surface area contributed by atoms with Crippen molar-refractivity contribution in [1.29, 1.82) is 0 Å². The van der Waals surface area contributed by atoms with Crippen LogP contribution in [0.2, 0.25) is 0 Å². The van der Waals surface area contributed by atoms with Crippen LogP contribution >= 0.6 is 23.7 Å². The van der Waals surface area contributed by atoms with Gasteiger partial charge in [-0.25, -0.2) is 4.98 Å². The van der Waals surface area contributed by atoms with Gasteiger partial charge in [-0.3, -0.25) is 4.90 Å². The number of nitrogens with one attached hydrogen (secondary N) is 1. The minimum absolute atomic E-state index is 0. The number of fused-ring (bicyclic) bond motifs is 2. The van der Waals surface area contributed by atoms with Crippen LogP contribution in [0.4, 0.5) is 13.2 Å². The zero-order valence-electron chi connectivity index (χ0n) is 10.8. The maximum atomic E-state index is 12.5. The number of hydrogen-bond acceptors (Lipinski definition) is 4. The SMILES string of the molecule is Cl.FC(F)(F)c1ncc(CN2C3CCNCC2CC3)s1. The summed E-state index contributed by atoms with van der Waals surface area (Å²) >= 11 is 0.774. The number of aromatic nitrogens is 1. The van der Waals surface area contributed by atoms with Crippen LogP contribution in [-0.2, 0) is 12.7 Å². The van der Waals surface area contributed by atoms with E-state index in [1.54, 1.807) is 0 Å². The van der Waals surface area contributed by atoms with E-state index in [1.165, 1.54) is 6.20 Å². The second kappa shape index (κ2) is 6.17. The van der Waals surface area contributed by atoms with E-state index in [2.05, 4.69) is 15.2 Å². The van der Waals surface area contributed by atoms with E-state index >= 15 is 0 Å². The van der Waals surface area contributed by atoms with Crippen LogP contribution in [0.25, 0.3) is 0 Å². The van der Waals surface area contributed by atoms with Crippen molar-refractivity contribution in [3.8, 4) is 0 Å². The Kier molecular flexibility index (Phi) is 4.94. The lowest BCUT2D eigenvalue weighted by Crippen LogP contribution is -2.37. The predicted octanol–water partition coefficient (Wildman–Crippen LogP) is 2.91. The average Bonchev–Trinajstić information content (AvgIpc) is 2.84. The topological polar surface area (TPSA) is 28.2 Å². The molecule has 114 valence electrons. The van der Waals surface area contributed by atoms with Crippen LogP contribution in [0.5, 0.6) is 0 Å². The standard InChI is InChI=1S/C12H16F3N3S.ClH/c13-12(14,15)11-17-6-10(19-11)7-18-8-1-2-9(18)5-16-4-3-8;/h6,8-9,16H,1-5,7H2;1H. The Morgan fingerprint density at radius 2 is 2.05 bits per heavy atom. The van der Waals surface area contributed by atoms with Crippen LogP contribution < -0.4 is 5.32 Å². The molecule has 1 N–H and O–H groups in total. The molecule has 0 spiro atoms. The Morgan fingerprint density at radius 3 is 2.75 bits per heavy atom. The fourth-order valence-electron chi connectivity index (χ4n) is 3.03. The van der Waals surface area contributed by atoms with E-state index in [0.29, 0.717) is 23.5 Å². The van der Waals surface area contributed by atoms with Crippen LogP contribution in [0.1, 0.15) is 29.1 Å². The number of rotatable bonds is 2. The summed E-state index contributed by atoms with van der Waals surface area (Å²) in [5.41, 5.74) is 0. The van der Waals surface area contributed by atoms with Gasteiger partial charge < -0.3 is 5.32 Å². The molecule has 8 heteroatoms. The minimum atomic E-state index is -4.32. The summed E-state index contributed by atoms with van der Waals surface area (Å²) < 4.78 is 37.6. The van der Waals surface area contributed by atoms with Gasteiger partial charge in [0, 0.05) is 36.2 Å². The molecule has 2 bridgehead atoms. The summed E-state index contributed by atoms with van der Waals surface area (Å²) in [5, 5.41) is 2.66. The van der Waals surface area contributed by atoms with Gasteiger partial charge in [-0.1, -0.05) is 0 Å². The molecule has 0 amide bonds. The Labute approximate surface area is 126 Å². The molecule has 2 aliphatic rings. The molecule has 0 radical (unpaired) electrons. The molecule has 0 saturated carbocycles. The first-order chi connectivity index (χ1) is 9.04. The fourth-order valence-corrected chi connectivity index (χ4v) is 3.82. The van der Waals surface area contributed by atoms with Gasteiger partial charge in [-0.15, -0.1) is 23.7 Å². The first-order valence-corrected chi connectivity index (χ1v) is 7.34. The molecule has 2 aliphatic heterocycles. The number of hydrogen-bond donors (Lipinski definition) is 1. The molecule has 3 nitrogen and oxygen atoms in total. The summed E-state index contributed by atoms with van der Waals surface area (Å²) in [6.45, 7) is 2.56. The summed E-state index contributed by atoms with van der Waals surface area (Å²) in [4.78, 5) is 6.57. The molecule has 3 heterocycles. The molecular weight excluding hydrogens is 311 g/mol. The van der Waals surface area contributed by atoms with Crippen molar-refractivity contribution in [1.82, 2.24) is 15.2 Å². The minimum Gasteiger partial charge on any atom is -0.315 e. The van der Waals surface area contributed by atoms with E-state index in [0.717, 1.165) is 43.7 Å². The summed E-state index contributed by atoms with van der Waals surface area (Å²) in [5.74, 6) is 0. The predicted molar refractivity (Wildman–Crippen MR) is 74.2 cm³/mol. The Balaban J connectivity index is 0.00000147. The van der Waals surface area contributed by atoms with Crippen molar-refractivity contribution in [3.63, 3.8) is 0 Å². The quantitative estimate of drug-likeness (QED) is 0.905. The normalized spacial score (nSPS) is 27.1. The molecule has 0 aliphatic carbocycles. The van der Waals surface area contributed by atoms with Crippen molar-refractivity contribution in [2.45, 2.75) is 44.1 Å². The van der Waals surface area contributed by atoms with Gasteiger partial charge in [0.05, 0.1) is 0 Å². The molecule has 3 rings (SSSR count). The zero-order valence-corrected chi connectivity index (χ0v) is 12.5. The molecule has 2 unspecified atom stereocenters. The first-order valence-electron chi connectivity index (χ1n) is 6.52. The molecule has 2 saturated heterocycles. The van der Waals surface area contributed by atoms with Crippen LogP contribution in [-0.4, -0.2) is 35.1 Å². The highest BCUT2D eigenvalue weighted by Gasteiger charge is 2.37. The zero-order chi connectivity index (χ0) is 13.5. The van der Waals surface area contributed by atoms with E-state index in [4.69, 9.17) is 0 Å². The van der Waals surface area contributed by atoms with Gasteiger partial charge in [0.2, 0.25) is 0 Å². The lowest BCUT2D eigenvalue weighted by atomic mass is 10.1. The summed E-state index contributed by atoms with van der Waals surface area (Å²) in [6.07, 6.45) is 0.453. The van der Waals surface area contributed by atoms with Gasteiger partial charge in [0.15, 0.2) is 5.01 Å². The molecule has 2 fully saturated rings. The Bertz CT molecular complexity index is 437. The van der Waals surface area contributed by atoms with Crippen LogP contribution in [0, 0.1) is 0 Å². The molecular formula is C12H17ClF3N3S. The molecule has 1 aromatic rings. The van der Waals surface area contributed by atoms with Crippen LogP contribution in [0.3, 0.4) is 0 Å². The van der Waals surface area contributed by atoms with E-state index in [9.17, 15) is 13.2 Å². The second-order valence-corrected chi connectivity index (χ2v) is 6.29. The third-order valence-corrected chi connectivity index (χ3v) is 4.97. The van der Waals surface area contributed by atoms with Gasteiger partial charge >= 0.3 is 6.18 Å². The van der Waals surface area contributed by atoms with Gasteiger partial charge in [-0.2, -0.15) is 13.2 Å². The van der Waals surface area contributed by atoms with Gasteiger partial charge in [0.1, 0.15) is 0 Å². The third kappa shape index (κ3) is 3.27. The fraction of sp³-hybridized carbons (Fsp3) is 0.750. The van der Waals surface area contributed by atoms with Crippen molar-refractivity contribution in [2.24, 2.45) is 0 Å². The summed E-state index contributed by atoms with van der Waals surface area (Å²) in [7, 11) is 0. The number of alkyl halides is 3. The maximum Gasteiger partial charge on any atom is 0.443 e. The smallest absolute Gasteiger partial charge is 0.315 e. The van der Waals surface area contributed by atoms with Gasteiger partial charge in [0.25, 0.3) is 0 Å². The summed E-state index contributed by atoms with van der Waals surface area (Å²) in [6, 6.07) is 0.973. The molecule has 1 aromatic heterocycles. The van der Waals surface area contributed by atoms with Crippen molar-refractivity contribution in [2.75, 3.05) is 13.1 Å². The number of thiazole rings is 1. The molecule has 2 atom stereocenters. The molecule has 0 aromatic carbocycles. The average molecular weight is 328 g/mol. The second-order valence-electron chi connectivity index (χ2n) is 5.18. The third-order valence-electron chi connectivity index (χ3n) is 3.94. The van der Waals surface area contributed by atoms with E-state index < -0.39 is 11.2 Å². The lowest BCUT2D eigenvalue weighted by molar-refractivity contribution is -0.137. The van der Waals surface area contributed by atoms with E-state index in [-0.39, 0.29) is 12.4 Å². The lowest BCUT2D eigenvalue weighted by Gasteiger charge is -2.26. The Hall–Kier alpha value is -0.370. The molecule has 20 heavy (non-hydrogen) atoms. The van der Waals surface area contributed by atoms with Crippen LogP contribution in [0.15, 0.2) is 6.20 Å². The highest BCUT2D eigenvalue weighted by molar-refractivity contribution is 7.11.